The third-order valence-corrected chi connectivity index (χ3v) is 7.37. The predicted molar refractivity (Wildman–Crippen MR) is 171 cm³/mol. The smallest absolute Gasteiger partial charge is 0.336 e. The lowest BCUT2D eigenvalue weighted by Crippen LogP contribution is -2.49. The maximum Gasteiger partial charge on any atom is 0.336 e. The molecule has 0 bridgehead atoms. The van der Waals surface area contributed by atoms with Gasteiger partial charge in [0, 0.05) is 25.4 Å². The van der Waals surface area contributed by atoms with E-state index in [-0.39, 0.29) is 6.61 Å². The molecule has 0 fully saturated rings. The molecule has 0 aromatic heterocycles. The third kappa shape index (κ3) is 10.1. The van der Waals surface area contributed by atoms with Crippen molar-refractivity contribution in [3.8, 4) is 0 Å². The molecule has 0 saturated heterocycles. The number of fused-ring (bicyclic) bond motifs is 2. The highest BCUT2D eigenvalue weighted by Gasteiger charge is 2.36. The Bertz CT molecular complexity index is 1540. The Morgan fingerprint density at radius 1 is 0.659 bits per heavy atom. The number of benzene rings is 4. The van der Waals surface area contributed by atoms with Crippen molar-refractivity contribution in [2.45, 2.75) is 50.7 Å². The molecule has 9 nitrogen and oxygen atoms in total. The van der Waals surface area contributed by atoms with Gasteiger partial charge in [-0.15, -0.1) is 0 Å². The van der Waals surface area contributed by atoms with E-state index >= 15 is 0 Å². The molecule has 9 heteroatoms. The zero-order valence-electron chi connectivity index (χ0n) is 24.7. The van der Waals surface area contributed by atoms with Crippen molar-refractivity contribution >= 4 is 45.1 Å². The van der Waals surface area contributed by atoms with Crippen LogP contribution in [0.2, 0.25) is 0 Å². The van der Waals surface area contributed by atoms with E-state index in [1.165, 1.54) is 16.3 Å². The molecule has 1 amide bonds. The number of anilines is 1. The van der Waals surface area contributed by atoms with Gasteiger partial charge < -0.3 is 30.3 Å². The maximum atomic E-state index is 13.0. The molecule has 2 unspecified atom stereocenters. The van der Waals surface area contributed by atoms with Crippen molar-refractivity contribution < 1.29 is 34.1 Å². The molecule has 0 aliphatic heterocycles. The summed E-state index contributed by atoms with van der Waals surface area (Å²) >= 11 is 0. The molecule has 4 aromatic rings. The Hall–Kier alpha value is -4.47. The first kappa shape index (κ1) is 32.4. The van der Waals surface area contributed by atoms with Crippen LogP contribution in [0.15, 0.2) is 84.9 Å². The SMILES string of the molecule is O=C(O)COC(C(=O)O)C(OCCCCNc1ccc2ccccc2c1)C(=O)NCCCCCc1ccc2ccccc2c1. The number of aliphatic carboxylic acids is 2. The number of amides is 1. The average Bonchev–Trinajstić information content (AvgIpc) is 3.02. The minimum Gasteiger partial charge on any atom is -0.480 e. The summed E-state index contributed by atoms with van der Waals surface area (Å²) in [5, 5.41) is 29.5. The highest BCUT2D eigenvalue weighted by Crippen LogP contribution is 2.19. The molecule has 232 valence electrons. The van der Waals surface area contributed by atoms with Crippen molar-refractivity contribution in [1.29, 1.82) is 0 Å². The summed E-state index contributed by atoms with van der Waals surface area (Å²) in [6.07, 6.45) is 1.51. The Kier molecular flexibility index (Phi) is 12.5. The highest BCUT2D eigenvalue weighted by molar-refractivity contribution is 5.88. The predicted octanol–water partition coefficient (Wildman–Crippen LogP) is 5.65. The van der Waals surface area contributed by atoms with Crippen LogP contribution in [0.3, 0.4) is 0 Å². The monoisotopic (exact) mass is 600 g/mol. The van der Waals surface area contributed by atoms with E-state index in [1.807, 2.05) is 30.3 Å². The zero-order chi connectivity index (χ0) is 31.1. The summed E-state index contributed by atoms with van der Waals surface area (Å²) in [5.41, 5.74) is 2.25. The van der Waals surface area contributed by atoms with Crippen molar-refractivity contribution in [3.63, 3.8) is 0 Å². The van der Waals surface area contributed by atoms with Gasteiger partial charge in [-0.25, -0.2) is 9.59 Å². The van der Waals surface area contributed by atoms with Gasteiger partial charge in [-0.3, -0.25) is 4.79 Å². The minimum atomic E-state index is -1.74. The fourth-order valence-electron chi connectivity index (χ4n) is 5.06. The van der Waals surface area contributed by atoms with E-state index in [2.05, 4.69) is 65.2 Å². The molecule has 0 spiro atoms. The molecule has 4 rings (SSSR count). The molecular formula is C35H40N2O7. The van der Waals surface area contributed by atoms with Crippen LogP contribution in [0.5, 0.6) is 0 Å². The molecule has 2 atom stereocenters. The second-order valence-electron chi connectivity index (χ2n) is 10.7. The maximum absolute atomic E-state index is 13.0. The Morgan fingerprint density at radius 2 is 1.32 bits per heavy atom. The van der Waals surface area contributed by atoms with Crippen LogP contribution in [-0.2, 0) is 30.3 Å². The highest BCUT2D eigenvalue weighted by atomic mass is 16.6. The van der Waals surface area contributed by atoms with Gasteiger partial charge in [-0.1, -0.05) is 79.2 Å². The first-order valence-corrected chi connectivity index (χ1v) is 15.1. The van der Waals surface area contributed by atoms with Crippen LogP contribution in [-0.4, -0.2) is 66.6 Å². The normalized spacial score (nSPS) is 12.5. The number of aryl methyl sites for hydroxylation is 1. The molecule has 0 saturated carbocycles. The summed E-state index contributed by atoms with van der Waals surface area (Å²) in [6.45, 7) is 0.269. The number of carboxylic acids is 2. The van der Waals surface area contributed by atoms with Crippen LogP contribution in [0, 0.1) is 0 Å². The van der Waals surface area contributed by atoms with Crippen LogP contribution in [0.4, 0.5) is 5.69 Å². The second-order valence-corrected chi connectivity index (χ2v) is 10.7. The van der Waals surface area contributed by atoms with Gasteiger partial charge in [0.2, 0.25) is 0 Å². The van der Waals surface area contributed by atoms with Gasteiger partial charge in [-0.05, 0) is 71.3 Å². The topological polar surface area (TPSA) is 134 Å². The lowest BCUT2D eigenvalue weighted by molar-refractivity contribution is -0.172. The van der Waals surface area contributed by atoms with Crippen molar-refractivity contribution in [2.75, 3.05) is 31.6 Å². The number of hydrogen-bond acceptors (Lipinski definition) is 6. The summed E-state index contributed by atoms with van der Waals surface area (Å²) in [5.74, 6) is -3.42. The molecular weight excluding hydrogens is 560 g/mol. The van der Waals surface area contributed by atoms with Crippen LogP contribution in [0.1, 0.15) is 37.7 Å². The largest absolute Gasteiger partial charge is 0.480 e. The summed E-state index contributed by atoms with van der Waals surface area (Å²) in [4.78, 5) is 35.9. The Balaban J connectivity index is 1.20. The number of nitrogens with one attached hydrogen (secondary N) is 2. The minimum absolute atomic E-state index is 0.115. The average molecular weight is 601 g/mol. The van der Waals surface area contributed by atoms with Crippen molar-refractivity contribution in [1.82, 2.24) is 5.32 Å². The van der Waals surface area contributed by atoms with E-state index in [0.717, 1.165) is 35.7 Å². The van der Waals surface area contributed by atoms with Gasteiger partial charge >= 0.3 is 11.9 Å². The van der Waals surface area contributed by atoms with E-state index < -0.39 is 36.7 Å². The number of carbonyl (C=O) groups is 3. The van der Waals surface area contributed by atoms with E-state index in [9.17, 15) is 19.5 Å². The molecule has 0 radical (unpaired) electrons. The summed E-state index contributed by atoms with van der Waals surface area (Å²) in [7, 11) is 0. The van der Waals surface area contributed by atoms with E-state index in [0.29, 0.717) is 32.4 Å². The molecule has 44 heavy (non-hydrogen) atoms. The Morgan fingerprint density at radius 3 is 2.02 bits per heavy atom. The number of carboxylic acid groups (broad SMARTS) is 2. The van der Waals surface area contributed by atoms with Crippen LogP contribution < -0.4 is 10.6 Å². The van der Waals surface area contributed by atoms with Gasteiger partial charge in [0.15, 0.2) is 12.2 Å². The lowest BCUT2D eigenvalue weighted by Gasteiger charge is -2.23. The first-order chi connectivity index (χ1) is 21.4. The van der Waals surface area contributed by atoms with Crippen molar-refractivity contribution in [3.05, 3.63) is 90.5 Å². The number of carbonyl (C=O) groups excluding carboxylic acids is 1. The lowest BCUT2D eigenvalue weighted by atomic mass is 10.0. The Labute approximate surface area is 257 Å². The van der Waals surface area contributed by atoms with Gasteiger partial charge in [-0.2, -0.15) is 0 Å². The van der Waals surface area contributed by atoms with Gasteiger partial charge in [0.25, 0.3) is 5.91 Å². The summed E-state index contributed by atoms with van der Waals surface area (Å²) < 4.78 is 10.7. The van der Waals surface area contributed by atoms with Gasteiger partial charge in [0.05, 0.1) is 0 Å². The molecule has 4 aromatic carbocycles. The second kappa shape index (κ2) is 17.0. The number of rotatable bonds is 19. The van der Waals surface area contributed by atoms with E-state index in [4.69, 9.17) is 14.6 Å². The van der Waals surface area contributed by atoms with Gasteiger partial charge in [0.1, 0.15) is 6.61 Å². The quantitative estimate of drug-likeness (QED) is 0.101. The summed E-state index contributed by atoms with van der Waals surface area (Å²) in [6, 6.07) is 28.9. The number of ether oxygens (including phenoxy) is 2. The molecule has 4 N–H and O–H groups in total. The number of hydrogen-bond donors (Lipinski definition) is 4. The van der Waals surface area contributed by atoms with E-state index in [1.54, 1.807) is 0 Å². The van der Waals surface area contributed by atoms with Crippen LogP contribution in [0.25, 0.3) is 21.5 Å². The third-order valence-electron chi connectivity index (χ3n) is 7.37. The van der Waals surface area contributed by atoms with Crippen molar-refractivity contribution in [2.24, 2.45) is 0 Å². The fraction of sp³-hybridized carbons (Fsp3) is 0.343. The standard InChI is InChI=1S/C35H40N2O7/c38-31(39)24-44-33(35(41)42)32(43-21-9-8-19-36-30-18-17-27-12-4-6-14-29(27)23-30)34(40)37-20-7-1-2-10-25-15-16-26-11-3-5-13-28(26)22-25/h3-6,11-18,22-23,32-33,36H,1-2,7-10,19-21,24H2,(H,37,40)(H,38,39)(H,41,42). The number of unbranched alkanes of at least 4 members (excludes halogenated alkanes) is 3. The zero-order valence-corrected chi connectivity index (χ0v) is 24.7. The first-order valence-electron chi connectivity index (χ1n) is 15.1. The molecule has 0 heterocycles. The molecule has 0 aliphatic rings. The van der Waals surface area contributed by atoms with Crippen LogP contribution >= 0.6 is 0 Å². The molecule has 0 aliphatic carbocycles. The fourth-order valence-corrected chi connectivity index (χ4v) is 5.06.